The van der Waals surface area contributed by atoms with Crippen LogP contribution in [0.5, 0.6) is 5.75 Å². The first kappa shape index (κ1) is 19.6. The smallest absolute Gasteiger partial charge is 0.167 e. The molecule has 0 spiro atoms. The summed E-state index contributed by atoms with van der Waals surface area (Å²) in [5.74, 6) is 1.06. The second kappa shape index (κ2) is 9.66. The van der Waals surface area contributed by atoms with Gasteiger partial charge >= 0.3 is 0 Å². The van der Waals surface area contributed by atoms with Crippen LogP contribution in [0, 0.1) is 13.8 Å². The number of aryl methyl sites for hydroxylation is 2. The van der Waals surface area contributed by atoms with E-state index in [-0.39, 0.29) is 10.9 Å². The molecular formula is C25H29OS+. The molecule has 0 radical (unpaired) electrons. The Kier molecular flexibility index (Phi) is 7.00. The minimum Gasteiger partial charge on any atom is -0.493 e. The summed E-state index contributed by atoms with van der Waals surface area (Å²) in [5.41, 5.74) is 2.46. The van der Waals surface area contributed by atoms with Crippen molar-refractivity contribution in [1.82, 2.24) is 0 Å². The number of rotatable bonds is 8. The zero-order valence-electron chi connectivity index (χ0n) is 16.6. The predicted molar refractivity (Wildman–Crippen MR) is 116 cm³/mol. The molecular weight excluding hydrogens is 348 g/mol. The largest absolute Gasteiger partial charge is 0.493 e. The summed E-state index contributed by atoms with van der Waals surface area (Å²) in [6, 6.07) is 26.2. The van der Waals surface area contributed by atoms with Crippen molar-refractivity contribution in [3.63, 3.8) is 0 Å². The van der Waals surface area contributed by atoms with E-state index < -0.39 is 0 Å². The zero-order valence-corrected chi connectivity index (χ0v) is 17.4. The van der Waals surface area contributed by atoms with Gasteiger partial charge in [-0.05, 0) is 55.7 Å². The van der Waals surface area contributed by atoms with E-state index >= 15 is 0 Å². The SMILES string of the molecule is CCCCCOc1c(C)cc([S+](c2ccccc2)c2ccccc2)cc1C. The van der Waals surface area contributed by atoms with E-state index in [9.17, 15) is 0 Å². The number of unbranched alkanes of at least 4 members (excludes halogenated alkanes) is 2. The minimum absolute atomic E-state index is 0.108. The number of benzene rings is 3. The van der Waals surface area contributed by atoms with Crippen LogP contribution in [0.4, 0.5) is 0 Å². The fourth-order valence-corrected chi connectivity index (χ4v) is 5.57. The average molecular weight is 378 g/mol. The fourth-order valence-electron chi connectivity index (χ4n) is 3.30. The summed E-state index contributed by atoms with van der Waals surface area (Å²) in [7, 11) is -0.108. The maximum atomic E-state index is 6.12. The summed E-state index contributed by atoms with van der Waals surface area (Å²) in [5, 5.41) is 0. The van der Waals surface area contributed by atoms with Crippen LogP contribution in [0.3, 0.4) is 0 Å². The third kappa shape index (κ3) is 4.95. The molecule has 1 nitrogen and oxygen atoms in total. The van der Waals surface area contributed by atoms with Crippen LogP contribution in [0.15, 0.2) is 87.5 Å². The Morgan fingerprint density at radius 2 is 1.22 bits per heavy atom. The molecule has 0 amide bonds. The molecule has 3 aromatic rings. The van der Waals surface area contributed by atoms with Crippen LogP contribution in [0.1, 0.15) is 37.3 Å². The molecule has 0 atom stereocenters. The predicted octanol–water partition coefficient (Wildman–Crippen LogP) is 6.97. The Bertz CT molecular complexity index is 780. The van der Waals surface area contributed by atoms with Gasteiger partial charge in [0.25, 0.3) is 0 Å². The molecule has 0 unspecified atom stereocenters. The van der Waals surface area contributed by atoms with Gasteiger partial charge in [-0.2, -0.15) is 0 Å². The van der Waals surface area contributed by atoms with Crippen molar-refractivity contribution >= 4 is 10.9 Å². The molecule has 3 rings (SSSR count). The zero-order chi connectivity index (χ0) is 19.1. The quantitative estimate of drug-likeness (QED) is 0.304. The Balaban J connectivity index is 1.96. The lowest BCUT2D eigenvalue weighted by molar-refractivity contribution is 0.302. The Labute approximate surface area is 166 Å². The first-order valence-corrected chi connectivity index (χ1v) is 11.0. The molecule has 2 heteroatoms. The summed E-state index contributed by atoms with van der Waals surface area (Å²) >= 11 is 0. The van der Waals surface area contributed by atoms with Crippen molar-refractivity contribution in [1.29, 1.82) is 0 Å². The maximum absolute atomic E-state index is 6.12. The number of hydrogen-bond acceptors (Lipinski definition) is 1. The van der Waals surface area contributed by atoms with E-state index in [0.717, 1.165) is 18.8 Å². The second-order valence-corrected chi connectivity index (χ2v) is 8.90. The fraction of sp³-hybridized carbons (Fsp3) is 0.280. The van der Waals surface area contributed by atoms with E-state index in [0.29, 0.717) is 0 Å². The van der Waals surface area contributed by atoms with Gasteiger partial charge in [-0.25, -0.2) is 0 Å². The van der Waals surface area contributed by atoms with Crippen molar-refractivity contribution in [2.75, 3.05) is 6.61 Å². The highest BCUT2D eigenvalue weighted by Gasteiger charge is 2.29. The van der Waals surface area contributed by atoms with Crippen LogP contribution in [0.2, 0.25) is 0 Å². The van der Waals surface area contributed by atoms with E-state index in [1.165, 1.54) is 38.7 Å². The van der Waals surface area contributed by atoms with Gasteiger partial charge in [-0.15, -0.1) is 0 Å². The van der Waals surface area contributed by atoms with Gasteiger partial charge in [-0.1, -0.05) is 56.2 Å². The summed E-state index contributed by atoms with van der Waals surface area (Å²) < 4.78 is 6.12. The monoisotopic (exact) mass is 377 g/mol. The molecule has 0 bridgehead atoms. The van der Waals surface area contributed by atoms with Crippen LogP contribution in [0.25, 0.3) is 0 Å². The number of hydrogen-bond donors (Lipinski definition) is 0. The highest BCUT2D eigenvalue weighted by molar-refractivity contribution is 7.97. The van der Waals surface area contributed by atoms with E-state index in [4.69, 9.17) is 4.74 Å². The lowest BCUT2D eigenvalue weighted by atomic mass is 10.1. The molecule has 0 saturated heterocycles. The molecule has 0 fully saturated rings. The number of ether oxygens (including phenoxy) is 1. The van der Waals surface area contributed by atoms with Gasteiger partial charge < -0.3 is 4.74 Å². The Hall–Kier alpha value is -2.19. The van der Waals surface area contributed by atoms with Crippen molar-refractivity contribution in [2.24, 2.45) is 0 Å². The highest BCUT2D eigenvalue weighted by atomic mass is 32.2. The summed E-state index contributed by atoms with van der Waals surface area (Å²) in [6.45, 7) is 7.36. The second-order valence-electron chi connectivity index (χ2n) is 6.87. The molecule has 140 valence electrons. The molecule has 0 N–H and O–H groups in total. The topological polar surface area (TPSA) is 9.23 Å². The van der Waals surface area contributed by atoms with Crippen molar-refractivity contribution in [3.05, 3.63) is 83.9 Å². The first-order chi connectivity index (χ1) is 13.2. The van der Waals surface area contributed by atoms with E-state index in [1.807, 2.05) is 0 Å². The molecule has 0 heterocycles. The molecule has 27 heavy (non-hydrogen) atoms. The first-order valence-electron chi connectivity index (χ1n) is 9.79. The highest BCUT2D eigenvalue weighted by Crippen LogP contribution is 2.35. The van der Waals surface area contributed by atoms with Crippen LogP contribution >= 0.6 is 0 Å². The average Bonchev–Trinajstić information content (AvgIpc) is 2.69. The minimum atomic E-state index is -0.108. The Morgan fingerprint density at radius 3 is 1.70 bits per heavy atom. The lowest BCUT2D eigenvalue weighted by Gasteiger charge is -2.14. The molecule has 0 saturated carbocycles. The molecule has 0 aliphatic rings. The van der Waals surface area contributed by atoms with Crippen molar-refractivity contribution in [2.45, 2.75) is 54.7 Å². The van der Waals surface area contributed by atoms with Gasteiger partial charge in [0.2, 0.25) is 0 Å². The van der Waals surface area contributed by atoms with Crippen molar-refractivity contribution < 1.29 is 4.74 Å². The Morgan fingerprint density at radius 1 is 0.704 bits per heavy atom. The normalized spacial score (nSPS) is 11.0. The molecule has 0 aromatic heterocycles. The van der Waals surface area contributed by atoms with Gasteiger partial charge in [-0.3, -0.25) is 0 Å². The van der Waals surface area contributed by atoms with Gasteiger partial charge in [0.05, 0.1) is 17.5 Å². The van der Waals surface area contributed by atoms with E-state index in [2.05, 4.69) is 93.6 Å². The van der Waals surface area contributed by atoms with Gasteiger partial charge in [0.1, 0.15) is 5.75 Å². The van der Waals surface area contributed by atoms with Crippen LogP contribution in [-0.2, 0) is 10.9 Å². The maximum Gasteiger partial charge on any atom is 0.167 e. The molecule has 0 aliphatic carbocycles. The van der Waals surface area contributed by atoms with Gasteiger partial charge in [0.15, 0.2) is 14.7 Å². The van der Waals surface area contributed by atoms with Crippen molar-refractivity contribution in [3.8, 4) is 5.75 Å². The molecule has 0 aliphatic heterocycles. The summed E-state index contributed by atoms with van der Waals surface area (Å²) in [4.78, 5) is 4.04. The van der Waals surface area contributed by atoms with E-state index in [1.54, 1.807) is 0 Å². The molecule has 3 aromatic carbocycles. The third-order valence-electron chi connectivity index (χ3n) is 4.62. The summed E-state index contributed by atoms with van der Waals surface area (Å²) in [6.07, 6.45) is 3.56. The van der Waals surface area contributed by atoms with Crippen LogP contribution in [-0.4, -0.2) is 6.61 Å². The van der Waals surface area contributed by atoms with Gasteiger partial charge in [0, 0.05) is 12.1 Å². The standard InChI is InChI=1S/C25H29OS/c1-4-5-12-17-26-25-20(2)18-24(19-21(25)3)27(22-13-8-6-9-14-22)23-15-10-7-11-16-23/h6-11,13-16,18-19H,4-5,12,17H2,1-3H3/q+1. The lowest BCUT2D eigenvalue weighted by Crippen LogP contribution is -2.07. The van der Waals surface area contributed by atoms with Crippen LogP contribution < -0.4 is 4.74 Å². The third-order valence-corrected chi connectivity index (χ3v) is 6.82.